The van der Waals surface area contributed by atoms with Gasteiger partial charge in [0, 0.05) is 60.9 Å². The lowest BCUT2D eigenvalue weighted by Crippen LogP contribution is -2.48. The number of tetrazole rings is 1. The van der Waals surface area contributed by atoms with Gasteiger partial charge in [0.15, 0.2) is 5.82 Å². The van der Waals surface area contributed by atoms with Gasteiger partial charge in [-0.25, -0.2) is 9.89 Å². The molecule has 0 bridgehead atoms. The monoisotopic (exact) mass is 749 g/mol. The number of carbonyl (C=O) groups is 4. The van der Waals surface area contributed by atoms with Crippen molar-refractivity contribution < 1.29 is 24.3 Å². The molecule has 2 aliphatic rings. The average Bonchev–Trinajstić information content (AvgIpc) is 3.73. The van der Waals surface area contributed by atoms with Crippen molar-refractivity contribution in [1.82, 2.24) is 41.5 Å². The summed E-state index contributed by atoms with van der Waals surface area (Å²) in [5, 5.41) is 34.6. The van der Waals surface area contributed by atoms with E-state index in [2.05, 4.69) is 60.6 Å². The number of aryl methyl sites for hydroxylation is 1. The number of carboxylic acid groups (broad SMARTS) is 1. The zero-order valence-electron chi connectivity index (χ0n) is 31.7. The molecule has 1 aromatic heterocycles. The minimum Gasteiger partial charge on any atom is -0.465 e. The maximum Gasteiger partial charge on any atom is 0.404 e. The highest BCUT2D eigenvalue weighted by atomic mass is 16.4. The van der Waals surface area contributed by atoms with Gasteiger partial charge in [0.05, 0.1) is 0 Å². The molecule has 14 heteroatoms. The van der Waals surface area contributed by atoms with E-state index in [0.717, 1.165) is 66.6 Å². The average molecular weight is 750 g/mol. The number of hydrogen-bond acceptors (Lipinski definition) is 8. The number of aromatic nitrogens is 4. The van der Waals surface area contributed by atoms with E-state index in [1.54, 1.807) is 24.3 Å². The van der Waals surface area contributed by atoms with Crippen LogP contribution in [0.15, 0.2) is 66.7 Å². The van der Waals surface area contributed by atoms with E-state index in [1.807, 2.05) is 49.4 Å². The van der Waals surface area contributed by atoms with Gasteiger partial charge in [-0.1, -0.05) is 30.3 Å². The summed E-state index contributed by atoms with van der Waals surface area (Å²) in [6.45, 7) is 8.71. The first-order chi connectivity index (χ1) is 26.5. The van der Waals surface area contributed by atoms with Crippen molar-refractivity contribution >= 4 is 29.5 Å². The predicted molar refractivity (Wildman–Crippen MR) is 209 cm³/mol. The van der Waals surface area contributed by atoms with Crippen LogP contribution in [0.2, 0.25) is 0 Å². The van der Waals surface area contributed by atoms with Gasteiger partial charge in [-0.15, -0.1) is 5.10 Å². The van der Waals surface area contributed by atoms with Crippen LogP contribution in [0.4, 0.5) is 10.5 Å². The zero-order valence-corrected chi connectivity index (χ0v) is 31.7. The molecule has 1 saturated heterocycles. The van der Waals surface area contributed by atoms with E-state index in [9.17, 15) is 19.2 Å². The first-order valence-electron chi connectivity index (χ1n) is 19.2. The minimum atomic E-state index is -1.05. The molecule has 0 spiro atoms. The number of amides is 4. The smallest absolute Gasteiger partial charge is 0.404 e. The molecule has 3 aromatic carbocycles. The molecule has 1 aliphatic heterocycles. The van der Waals surface area contributed by atoms with Crippen molar-refractivity contribution in [3.63, 3.8) is 0 Å². The zero-order chi connectivity index (χ0) is 38.9. The Labute approximate surface area is 321 Å². The Morgan fingerprint density at radius 3 is 2.33 bits per heavy atom. The predicted octanol–water partition coefficient (Wildman–Crippen LogP) is 5.18. The van der Waals surface area contributed by atoms with Crippen LogP contribution in [0.1, 0.15) is 73.9 Å². The van der Waals surface area contributed by atoms with Crippen molar-refractivity contribution in [2.45, 2.75) is 83.8 Å². The number of aromatic amines is 1. The van der Waals surface area contributed by atoms with Crippen molar-refractivity contribution in [2.75, 3.05) is 25.0 Å². The number of piperidine rings is 1. The lowest BCUT2D eigenvalue weighted by molar-refractivity contribution is -0.130. The molecule has 2 fully saturated rings. The van der Waals surface area contributed by atoms with Gasteiger partial charge in [0.25, 0.3) is 5.91 Å². The molecule has 0 radical (unpaired) electrons. The summed E-state index contributed by atoms with van der Waals surface area (Å²) in [4.78, 5) is 54.4. The summed E-state index contributed by atoms with van der Waals surface area (Å²) >= 11 is 0. The molecule has 4 aromatic rings. The van der Waals surface area contributed by atoms with Gasteiger partial charge in [-0.05, 0) is 134 Å². The van der Waals surface area contributed by atoms with E-state index < -0.39 is 12.1 Å². The first-order valence-corrected chi connectivity index (χ1v) is 19.2. The second-order valence-corrected chi connectivity index (χ2v) is 15.1. The topological polar surface area (TPSA) is 194 Å². The quantitative estimate of drug-likeness (QED) is 0.107. The standard InChI is InChI=1S/C41H51N9O5/c1-25(2)50-19-17-34(18-20-50)43-39(52)32-6-4-5-31(23-32)35-21-28(8-7-26(35)3)22-36(45-38(51)30-11-9-27(10-12-30)24-42-41(54)55)40(53)44-33-15-13-29(14-16-33)37-46-48-49-47-37/h4-8,13-16,21,23,25,27,30,34,36,42H,9-12,17-20,22,24H2,1-3H3,(H,43,52)(H,44,53)(H,45,51)(H,54,55)(H,46,47,48,49)/t27-,30-,36-/m0/s1. The lowest BCUT2D eigenvalue weighted by Gasteiger charge is -2.34. The van der Waals surface area contributed by atoms with E-state index >= 15 is 0 Å². The molecular weight excluding hydrogens is 699 g/mol. The van der Waals surface area contributed by atoms with E-state index in [-0.39, 0.29) is 42.0 Å². The number of benzene rings is 3. The number of nitrogens with one attached hydrogen (secondary N) is 5. The molecular formula is C41H51N9O5. The van der Waals surface area contributed by atoms with Gasteiger partial charge in [0.2, 0.25) is 11.8 Å². The second kappa shape index (κ2) is 18.1. The highest BCUT2D eigenvalue weighted by molar-refractivity contribution is 5.98. The molecule has 6 rings (SSSR count). The molecule has 6 N–H and O–H groups in total. The number of nitrogens with zero attached hydrogens (tertiary/aromatic N) is 4. The van der Waals surface area contributed by atoms with Crippen LogP contribution in [-0.4, -0.2) is 92.2 Å². The van der Waals surface area contributed by atoms with Gasteiger partial charge < -0.3 is 31.3 Å². The summed E-state index contributed by atoms with van der Waals surface area (Å²) in [5.41, 5.74) is 5.60. The Morgan fingerprint density at radius 1 is 0.909 bits per heavy atom. The van der Waals surface area contributed by atoms with E-state index in [0.29, 0.717) is 42.5 Å². The number of anilines is 1. The van der Waals surface area contributed by atoms with Crippen molar-refractivity contribution in [3.8, 4) is 22.5 Å². The fourth-order valence-electron chi connectivity index (χ4n) is 7.58. The van der Waals surface area contributed by atoms with E-state index in [4.69, 9.17) is 5.11 Å². The Kier molecular flexibility index (Phi) is 12.9. The van der Waals surface area contributed by atoms with Crippen molar-refractivity contribution in [1.29, 1.82) is 0 Å². The fraction of sp³-hybridized carbons (Fsp3) is 0.439. The van der Waals surface area contributed by atoms with Crippen LogP contribution in [-0.2, 0) is 16.0 Å². The van der Waals surface area contributed by atoms with Gasteiger partial charge >= 0.3 is 6.09 Å². The van der Waals surface area contributed by atoms with Gasteiger partial charge in [-0.2, -0.15) is 0 Å². The molecule has 290 valence electrons. The van der Waals surface area contributed by atoms with E-state index in [1.165, 1.54) is 0 Å². The Bertz CT molecular complexity index is 1930. The third-order valence-corrected chi connectivity index (χ3v) is 10.9. The number of hydrogen-bond donors (Lipinski definition) is 6. The Morgan fingerprint density at radius 2 is 1.65 bits per heavy atom. The van der Waals surface area contributed by atoms with Crippen LogP contribution >= 0.6 is 0 Å². The van der Waals surface area contributed by atoms with Crippen molar-refractivity contribution in [2.24, 2.45) is 11.8 Å². The number of H-pyrrole nitrogens is 1. The molecule has 0 unspecified atom stereocenters. The highest BCUT2D eigenvalue weighted by Gasteiger charge is 2.30. The lowest BCUT2D eigenvalue weighted by atomic mass is 9.81. The van der Waals surface area contributed by atoms with Crippen LogP contribution in [0.5, 0.6) is 0 Å². The molecule has 1 aliphatic carbocycles. The molecule has 4 amide bonds. The summed E-state index contributed by atoms with van der Waals surface area (Å²) < 4.78 is 0. The summed E-state index contributed by atoms with van der Waals surface area (Å²) in [7, 11) is 0. The number of carbonyl (C=O) groups excluding carboxylic acids is 3. The Balaban J connectivity index is 1.16. The molecule has 55 heavy (non-hydrogen) atoms. The number of likely N-dealkylation sites (tertiary alicyclic amines) is 1. The van der Waals surface area contributed by atoms with Crippen LogP contribution in [0, 0.1) is 18.8 Å². The molecule has 1 atom stereocenters. The Hall–Kier alpha value is -5.63. The van der Waals surface area contributed by atoms with Crippen molar-refractivity contribution in [3.05, 3.63) is 83.4 Å². The summed E-state index contributed by atoms with van der Waals surface area (Å²) in [6.07, 6.45) is 3.69. The highest BCUT2D eigenvalue weighted by Crippen LogP contribution is 2.30. The normalized spacial score (nSPS) is 18.3. The summed E-state index contributed by atoms with van der Waals surface area (Å²) in [6, 6.07) is 20.5. The summed E-state index contributed by atoms with van der Waals surface area (Å²) in [5.74, 6) is -0.249. The SMILES string of the molecule is Cc1ccc(C[C@H](NC(=O)[C@H]2CC[C@H](CNC(=O)O)CC2)C(=O)Nc2ccc(-c3nnn[nH]3)cc2)cc1-c1cccc(C(=O)NC2CCN(C(C)C)CC2)c1. The molecule has 2 heterocycles. The van der Waals surface area contributed by atoms with Crippen LogP contribution in [0.25, 0.3) is 22.5 Å². The molecule has 1 saturated carbocycles. The largest absolute Gasteiger partial charge is 0.465 e. The third-order valence-electron chi connectivity index (χ3n) is 10.9. The van der Waals surface area contributed by atoms with Crippen LogP contribution < -0.4 is 21.3 Å². The second-order valence-electron chi connectivity index (χ2n) is 15.1. The maximum atomic E-state index is 13.9. The fourth-order valence-corrected chi connectivity index (χ4v) is 7.58. The minimum absolute atomic E-state index is 0.0872. The maximum absolute atomic E-state index is 13.9. The van der Waals surface area contributed by atoms with Crippen LogP contribution in [0.3, 0.4) is 0 Å². The van der Waals surface area contributed by atoms with Gasteiger partial charge in [-0.3, -0.25) is 14.4 Å². The number of rotatable bonds is 13. The van der Waals surface area contributed by atoms with Gasteiger partial charge in [0.1, 0.15) is 6.04 Å². The first kappa shape index (κ1) is 39.1. The third kappa shape index (κ3) is 10.5. The molecule has 14 nitrogen and oxygen atoms in total.